The normalized spacial score (nSPS) is 11.9. The van der Waals surface area contributed by atoms with E-state index >= 15 is 0 Å². The fourth-order valence-electron chi connectivity index (χ4n) is 3.71. The average molecular weight is 386 g/mol. The summed E-state index contributed by atoms with van der Waals surface area (Å²) in [5, 5.41) is 0. The molecule has 0 aliphatic rings. The van der Waals surface area contributed by atoms with Crippen LogP contribution in [0.2, 0.25) is 0 Å². The molecule has 0 N–H and O–H groups in total. The van der Waals surface area contributed by atoms with Crippen molar-refractivity contribution >= 4 is 21.6 Å². The highest BCUT2D eigenvalue weighted by Crippen LogP contribution is 2.35. The molecule has 1 nitrogen and oxygen atoms in total. The van der Waals surface area contributed by atoms with Gasteiger partial charge >= 0.3 is 0 Å². The van der Waals surface area contributed by atoms with Crippen molar-refractivity contribution in [3.8, 4) is 21.7 Å². The molecule has 0 aliphatic carbocycles. The van der Waals surface area contributed by atoms with E-state index in [2.05, 4.69) is 96.1 Å². The van der Waals surface area contributed by atoms with Crippen molar-refractivity contribution in [2.75, 3.05) is 0 Å². The Bertz CT molecular complexity index is 1150. The maximum Gasteiger partial charge on any atom is 0.0823 e. The van der Waals surface area contributed by atoms with Crippen LogP contribution in [0.15, 0.2) is 54.6 Å². The first kappa shape index (κ1) is 18.9. The third-order valence-corrected chi connectivity index (χ3v) is 6.26. The predicted octanol–water partition coefficient (Wildman–Crippen LogP) is 7.85. The first-order valence-electron chi connectivity index (χ1n) is 9.81. The van der Waals surface area contributed by atoms with Crippen LogP contribution in [0.1, 0.15) is 43.0 Å². The van der Waals surface area contributed by atoms with E-state index in [0.29, 0.717) is 0 Å². The Morgan fingerprint density at radius 2 is 1.36 bits per heavy atom. The average Bonchev–Trinajstić information content (AvgIpc) is 3.03. The van der Waals surface area contributed by atoms with E-state index in [-0.39, 0.29) is 5.41 Å². The Kier molecular flexibility index (Phi) is 4.63. The molecule has 0 aliphatic heterocycles. The molecule has 28 heavy (non-hydrogen) atoms. The third-order valence-electron chi connectivity index (χ3n) is 5.12. The maximum atomic E-state index is 5.01. The van der Waals surface area contributed by atoms with Gasteiger partial charge in [0.25, 0.3) is 0 Å². The number of fused-ring (bicyclic) bond motifs is 1. The molecular formula is C26H27NS. The Morgan fingerprint density at radius 1 is 0.714 bits per heavy atom. The summed E-state index contributed by atoms with van der Waals surface area (Å²) in [5.74, 6) is 0. The number of hydrogen-bond acceptors (Lipinski definition) is 2. The highest BCUT2D eigenvalue weighted by Gasteiger charge is 2.16. The number of hydrogen-bond donors (Lipinski definition) is 0. The number of pyridine rings is 1. The SMILES string of the molecule is Cc1cc(C)cc(-c2cc3nc(-c4cc(C)cc(C(C)(C)C)c4)ccc3s2)c1. The van der Waals surface area contributed by atoms with Gasteiger partial charge in [-0.3, -0.25) is 0 Å². The molecule has 2 heteroatoms. The molecule has 0 spiro atoms. The lowest BCUT2D eigenvalue weighted by Gasteiger charge is -2.20. The van der Waals surface area contributed by atoms with Crippen LogP contribution in [0.25, 0.3) is 31.9 Å². The Labute approximate surface area is 172 Å². The second-order valence-electron chi connectivity index (χ2n) is 8.90. The fraction of sp³-hybridized carbons (Fsp3) is 0.269. The second kappa shape index (κ2) is 6.86. The number of rotatable bonds is 2. The van der Waals surface area contributed by atoms with E-state index in [0.717, 1.165) is 11.2 Å². The number of nitrogens with zero attached hydrogens (tertiary/aromatic N) is 1. The lowest BCUT2D eigenvalue weighted by Crippen LogP contribution is -2.11. The summed E-state index contributed by atoms with van der Waals surface area (Å²) in [6.45, 7) is 13.3. The summed E-state index contributed by atoms with van der Waals surface area (Å²) < 4.78 is 1.24. The molecule has 0 atom stereocenters. The predicted molar refractivity (Wildman–Crippen MR) is 123 cm³/mol. The number of aryl methyl sites for hydroxylation is 3. The minimum absolute atomic E-state index is 0.128. The quantitative estimate of drug-likeness (QED) is 0.342. The highest BCUT2D eigenvalue weighted by atomic mass is 32.1. The summed E-state index contributed by atoms with van der Waals surface area (Å²) >= 11 is 1.82. The molecule has 0 radical (unpaired) electrons. The van der Waals surface area contributed by atoms with Crippen LogP contribution in [0.5, 0.6) is 0 Å². The van der Waals surface area contributed by atoms with Crippen LogP contribution in [-0.2, 0) is 5.41 Å². The van der Waals surface area contributed by atoms with Crippen LogP contribution in [0.3, 0.4) is 0 Å². The van der Waals surface area contributed by atoms with E-state index in [1.807, 2.05) is 11.3 Å². The summed E-state index contributed by atoms with van der Waals surface area (Å²) in [6.07, 6.45) is 0. The van der Waals surface area contributed by atoms with Gasteiger partial charge in [0.2, 0.25) is 0 Å². The fourth-order valence-corrected chi connectivity index (χ4v) is 4.70. The number of benzene rings is 2. The number of aromatic nitrogens is 1. The zero-order chi connectivity index (χ0) is 20.1. The van der Waals surface area contributed by atoms with Crippen molar-refractivity contribution in [3.05, 3.63) is 76.9 Å². The zero-order valence-electron chi connectivity index (χ0n) is 17.6. The Balaban J connectivity index is 1.80. The highest BCUT2D eigenvalue weighted by molar-refractivity contribution is 7.22. The van der Waals surface area contributed by atoms with E-state index < -0.39 is 0 Å². The van der Waals surface area contributed by atoms with Gasteiger partial charge < -0.3 is 0 Å². The van der Waals surface area contributed by atoms with Crippen molar-refractivity contribution in [1.82, 2.24) is 4.98 Å². The number of thiophene rings is 1. The molecule has 0 bridgehead atoms. The molecule has 2 aromatic carbocycles. The molecular weight excluding hydrogens is 358 g/mol. The monoisotopic (exact) mass is 385 g/mol. The third kappa shape index (κ3) is 3.74. The minimum Gasteiger partial charge on any atom is -0.247 e. The largest absolute Gasteiger partial charge is 0.247 e. The molecule has 4 aromatic rings. The van der Waals surface area contributed by atoms with Crippen molar-refractivity contribution < 1.29 is 0 Å². The molecule has 0 unspecified atom stereocenters. The topological polar surface area (TPSA) is 12.9 Å². The van der Waals surface area contributed by atoms with Crippen LogP contribution in [0.4, 0.5) is 0 Å². The van der Waals surface area contributed by atoms with E-state index in [9.17, 15) is 0 Å². The second-order valence-corrected chi connectivity index (χ2v) is 9.99. The lowest BCUT2D eigenvalue weighted by molar-refractivity contribution is 0.590. The van der Waals surface area contributed by atoms with Gasteiger partial charge in [0.1, 0.15) is 0 Å². The summed E-state index contributed by atoms with van der Waals surface area (Å²) in [7, 11) is 0. The summed E-state index contributed by atoms with van der Waals surface area (Å²) in [5.41, 5.74) is 9.98. The van der Waals surface area contributed by atoms with Gasteiger partial charge in [0.05, 0.1) is 15.9 Å². The van der Waals surface area contributed by atoms with Gasteiger partial charge in [-0.15, -0.1) is 11.3 Å². The van der Waals surface area contributed by atoms with Gasteiger partial charge in [0.15, 0.2) is 0 Å². The molecule has 2 heterocycles. The standard InChI is InChI=1S/C26H27NS/c1-16-9-17(2)12-20(11-16)25-15-23-24(28-25)8-7-22(27-23)19-10-18(3)13-21(14-19)26(4,5)6/h7-15H,1-6H3. The van der Waals surface area contributed by atoms with Gasteiger partial charge in [-0.25, -0.2) is 4.98 Å². The van der Waals surface area contributed by atoms with Crippen molar-refractivity contribution in [2.45, 2.75) is 47.0 Å². The molecule has 0 saturated carbocycles. The molecule has 0 fully saturated rings. The maximum absolute atomic E-state index is 5.01. The molecule has 142 valence electrons. The van der Waals surface area contributed by atoms with Gasteiger partial charge in [-0.05, 0) is 67.6 Å². The van der Waals surface area contributed by atoms with Crippen LogP contribution >= 0.6 is 11.3 Å². The minimum atomic E-state index is 0.128. The Hall–Kier alpha value is -2.45. The van der Waals surface area contributed by atoms with Crippen molar-refractivity contribution in [2.24, 2.45) is 0 Å². The molecule has 2 aromatic heterocycles. The van der Waals surface area contributed by atoms with Crippen LogP contribution in [-0.4, -0.2) is 4.98 Å². The summed E-state index contributed by atoms with van der Waals surface area (Å²) in [6, 6.07) is 20.2. The molecule has 0 amide bonds. The van der Waals surface area contributed by atoms with Crippen molar-refractivity contribution in [3.63, 3.8) is 0 Å². The van der Waals surface area contributed by atoms with Crippen LogP contribution in [0, 0.1) is 20.8 Å². The van der Waals surface area contributed by atoms with Gasteiger partial charge in [-0.1, -0.05) is 61.7 Å². The smallest absolute Gasteiger partial charge is 0.0823 e. The Morgan fingerprint density at radius 3 is 2.04 bits per heavy atom. The first-order valence-corrected chi connectivity index (χ1v) is 10.6. The van der Waals surface area contributed by atoms with Gasteiger partial charge in [-0.2, -0.15) is 0 Å². The molecule has 4 rings (SSSR count). The van der Waals surface area contributed by atoms with E-state index in [1.54, 1.807) is 0 Å². The first-order chi connectivity index (χ1) is 13.2. The molecule has 0 saturated heterocycles. The lowest BCUT2D eigenvalue weighted by atomic mass is 9.85. The summed E-state index contributed by atoms with van der Waals surface area (Å²) in [4.78, 5) is 6.29. The van der Waals surface area contributed by atoms with E-state index in [4.69, 9.17) is 4.98 Å². The van der Waals surface area contributed by atoms with Crippen molar-refractivity contribution in [1.29, 1.82) is 0 Å². The zero-order valence-corrected chi connectivity index (χ0v) is 18.4. The van der Waals surface area contributed by atoms with Gasteiger partial charge in [0, 0.05) is 10.4 Å². The van der Waals surface area contributed by atoms with Crippen LogP contribution < -0.4 is 0 Å². The van der Waals surface area contributed by atoms with E-state index in [1.165, 1.54) is 43.0 Å².